The summed E-state index contributed by atoms with van der Waals surface area (Å²) in [5, 5.41) is 1.88. The maximum absolute atomic E-state index is 12.2. The van der Waals surface area contributed by atoms with Crippen LogP contribution in [0.3, 0.4) is 0 Å². The van der Waals surface area contributed by atoms with E-state index in [-0.39, 0.29) is 5.56 Å². The molecule has 0 saturated heterocycles. The standard InChI is InChI=1S/C12H7F3OS/c13-12(14,15)11(16)9-5-3-8(4-6-9)10-2-1-7-17-10/h1-7H. The van der Waals surface area contributed by atoms with Gasteiger partial charge in [0.15, 0.2) is 0 Å². The average molecular weight is 256 g/mol. The number of thiophene rings is 1. The van der Waals surface area contributed by atoms with Gasteiger partial charge < -0.3 is 0 Å². The van der Waals surface area contributed by atoms with Crippen molar-refractivity contribution in [3.8, 4) is 10.4 Å². The summed E-state index contributed by atoms with van der Waals surface area (Å²) >= 11 is 1.49. The number of hydrogen-bond donors (Lipinski definition) is 0. The molecule has 0 amide bonds. The van der Waals surface area contributed by atoms with E-state index in [1.807, 2.05) is 17.5 Å². The van der Waals surface area contributed by atoms with Crippen LogP contribution in [0.2, 0.25) is 0 Å². The van der Waals surface area contributed by atoms with Crippen molar-refractivity contribution in [2.45, 2.75) is 6.18 Å². The van der Waals surface area contributed by atoms with Crippen molar-refractivity contribution in [3.63, 3.8) is 0 Å². The molecule has 0 unspecified atom stereocenters. The Morgan fingerprint density at radius 2 is 1.71 bits per heavy atom. The highest BCUT2D eigenvalue weighted by Gasteiger charge is 2.39. The van der Waals surface area contributed by atoms with Crippen LogP contribution in [0.5, 0.6) is 0 Å². The number of hydrogen-bond acceptors (Lipinski definition) is 2. The first-order chi connectivity index (χ1) is 7.98. The third-order valence-corrected chi connectivity index (χ3v) is 3.13. The molecule has 1 nitrogen and oxygen atoms in total. The lowest BCUT2D eigenvalue weighted by molar-refractivity contribution is -0.0885. The van der Waals surface area contributed by atoms with E-state index in [1.165, 1.54) is 35.6 Å². The predicted molar refractivity (Wildman–Crippen MR) is 60.1 cm³/mol. The number of alkyl halides is 3. The smallest absolute Gasteiger partial charge is 0.284 e. The van der Waals surface area contributed by atoms with E-state index < -0.39 is 12.0 Å². The molecule has 0 saturated carbocycles. The Hall–Kier alpha value is -1.62. The van der Waals surface area contributed by atoms with Gasteiger partial charge in [0, 0.05) is 10.4 Å². The molecule has 88 valence electrons. The summed E-state index contributed by atoms with van der Waals surface area (Å²) in [6.45, 7) is 0. The number of halogens is 3. The zero-order valence-corrected chi connectivity index (χ0v) is 9.31. The molecule has 0 aliphatic heterocycles. The molecule has 1 heterocycles. The summed E-state index contributed by atoms with van der Waals surface area (Å²) in [5.74, 6) is -1.81. The zero-order chi connectivity index (χ0) is 12.5. The van der Waals surface area contributed by atoms with E-state index in [0.717, 1.165) is 10.4 Å². The third kappa shape index (κ3) is 2.55. The molecule has 0 spiro atoms. The van der Waals surface area contributed by atoms with Gasteiger partial charge in [-0.25, -0.2) is 0 Å². The van der Waals surface area contributed by atoms with Crippen molar-refractivity contribution in [1.82, 2.24) is 0 Å². The van der Waals surface area contributed by atoms with Crippen LogP contribution >= 0.6 is 11.3 Å². The minimum atomic E-state index is -4.82. The first-order valence-electron chi connectivity index (χ1n) is 4.74. The summed E-state index contributed by atoms with van der Waals surface area (Å²) in [6.07, 6.45) is -4.82. The Morgan fingerprint density at radius 3 is 2.18 bits per heavy atom. The third-order valence-electron chi connectivity index (χ3n) is 2.21. The SMILES string of the molecule is O=C(c1ccc(-c2cccs2)cc1)C(F)(F)F. The lowest BCUT2D eigenvalue weighted by Gasteiger charge is -2.05. The van der Waals surface area contributed by atoms with Crippen LogP contribution in [0, 0.1) is 0 Å². The largest absolute Gasteiger partial charge is 0.454 e. The van der Waals surface area contributed by atoms with Crippen LogP contribution in [0.1, 0.15) is 10.4 Å². The second kappa shape index (κ2) is 4.33. The lowest BCUT2D eigenvalue weighted by Crippen LogP contribution is -2.22. The van der Waals surface area contributed by atoms with E-state index >= 15 is 0 Å². The van der Waals surface area contributed by atoms with Crippen molar-refractivity contribution < 1.29 is 18.0 Å². The number of rotatable bonds is 2. The summed E-state index contributed by atoms with van der Waals surface area (Å²) in [7, 11) is 0. The van der Waals surface area contributed by atoms with Gasteiger partial charge in [-0.2, -0.15) is 13.2 Å². The van der Waals surface area contributed by atoms with Crippen LogP contribution in [-0.4, -0.2) is 12.0 Å². The molecule has 17 heavy (non-hydrogen) atoms. The predicted octanol–water partition coefficient (Wildman–Crippen LogP) is 4.16. The van der Waals surface area contributed by atoms with E-state index in [1.54, 1.807) is 0 Å². The van der Waals surface area contributed by atoms with E-state index in [9.17, 15) is 18.0 Å². The molecule has 0 N–H and O–H groups in total. The van der Waals surface area contributed by atoms with Crippen molar-refractivity contribution in [1.29, 1.82) is 0 Å². The first kappa shape index (κ1) is 11.9. The highest BCUT2D eigenvalue weighted by atomic mass is 32.1. The molecular formula is C12H7F3OS. The Kier molecular flexibility index (Phi) is 3.02. The second-order valence-electron chi connectivity index (χ2n) is 3.38. The van der Waals surface area contributed by atoms with Gasteiger partial charge in [-0.05, 0) is 17.0 Å². The summed E-state index contributed by atoms with van der Waals surface area (Å²) in [6, 6.07) is 9.16. The monoisotopic (exact) mass is 256 g/mol. The fourth-order valence-electron chi connectivity index (χ4n) is 1.39. The number of carbonyl (C=O) groups is 1. The van der Waals surface area contributed by atoms with Gasteiger partial charge in [-0.1, -0.05) is 30.3 Å². The van der Waals surface area contributed by atoms with E-state index in [4.69, 9.17) is 0 Å². The molecule has 1 aromatic heterocycles. The Bertz CT molecular complexity index is 512. The molecular weight excluding hydrogens is 249 g/mol. The number of Topliss-reactive ketones (excluding diaryl/α,β-unsaturated/α-hetero) is 1. The molecule has 0 aliphatic rings. The molecule has 2 rings (SSSR count). The minimum Gasteiger partial charge on any atom is -0.284 e. The van der Waals surface area contributed by atoms with Gasteiger partial charge >= 0.3 is 6.18 Å². The fourth-order valence-corrected chi connectivity index (χ4v) is 2.13. The maximum Gasteiger partial charge on any atom is 0.454 e. The second-order valence-corrected chi connectivity index (χ2v) is 4.33. The van der Waals surface area contributed by atoms with Gasteiger partial charge in [-0.15, -0.1) is 11.3 Å². The van der Waals surface area contributed by atoms with Crippen LogP contribution in [0.15, 0.2) is 41.8 Å². The van der Waals surface area contributed by atoms with Crippen LogP contribution in [-0.2, 0) is 0 Å². The summed E-state index contributed by atoms with van der Waals surface area (Å²) < 4.78 is 36.5. The van der Waals surface area contributed by atoms with E-state index in [2.05, 4.69) is 0 Å². The quantitative estimate of drug-likeness (QED) is 0.737. The fraction of sp³-hybridized carbons (Fsp3) is 0.0833. The van der Waals surface area contributed by atoms with Crippen molar-refractivity contribution in [2.75, 3.05) is 0 Å². The zero-order valence-electron chi connectivity index (χ0n) is 8.49. The highest BCUT2D eigenvalue weighted by Crippen LogP contribution is 2.27. The van der Waals surface area contributed by atoms with E-state index in [0.29, 0.717) is 0 Å². The topological polar surface area (TPSA) is 17.1 Å². The van der Waals surface area contributed by atoms with Crippen molar-refractivity contribution >= 4 is 17.1 Å². The van der Waals surface area contributed by atoms with Gasteiger partial charge in [0.2, 0.25) is 0 Å². The van der Waals surface area contributed by atoms with Crippen molar-refractivity contribution in [3.05, 3.63) is 47.3 Å². The maximum atomic E-state index is 12.2. The molecule has 0 radical (unpaired) electrons. The number of benzene rings is 1. The van der Waals surface area contributed by atoms with Gasteiger partial charge in [0.1, 0.15) is 0 Å². The normalized spacial score (nSPS) is 11.5. The number of carbonyl (C=O) groups excluding carboxylic acids is 1. The molecule has 0 atom stereocenters. The average Bonchev–Trinajstić information content (AvgIpc) is 2.80. The van der Waals surface area contributed by atoms with Crippen LogP contribution < -0.4 is 0 Å². The highest BCUT2D eigenvalue weighted by molar-refractivity contribution is 7.13. The van der Waals surface area contributed by atoms with Crippen molar-refractivity contribution in [2.24, 2.45) is 0 Å². The number of ketones is 1. The molecule has 0 aliphatic carbocycles. The Balaban J connectivity index is 2.28. The van der Waals surface area contributed by atoms with Gasteiger partial charge in [-0.3, -0.25) is 4.79 Å². The van der Waals surface area contributed by atoms with Gasteiger partial charge in [0.05, 0.1) is 0 Å². The molecule has 2 aromatic rings. The molecule has 5 heteroatoms. The molecule has 0 fully saturated rings. The summed E-state index contributed by atoms with van der Waals surface area (Å²) in [4.78, 5) is 11.9. The minimum absolute atomic E-state index is 0.335. The lowest BCUT2D eigenvalue weighted by atomic mass is 10.1. The van der Waals surface area contributed by atoms with Crippen LogP contribution in [0.4, 0.5) is 13.2 Å². The Labute approximate surface area is 99.5 Å². The molecule has 0 bridgehead atoms. The Morgan fingerprint density at radius 1 is 1.06 bits per heavy atom. The van der Waals surface area contributed by atoms with Gasteiger partial charge in [0.25, 0.3) is 5.78 Å². The van der Waals surface area contributed by atoms with Crippen LogP contribution in [0.25, 0.3) is 10.4 Å². The summed E-state index contributed by atoms with van der Waals surface area (Å²) in [5.41, 5.74) is 0.469. The molecule has 1 aromatic carbocycles. The first-order valence-corrected chi connectivity index (χ1v) is 5.62.